The van der Waals surface area contributed by atoms with E-state index >= 15 is 0 Å². The molecule has 132 valence electrons. The molecule has 0 bridgehead atoms. The van der Waals surface area contributed by atoms with Gasteiger partial charge in [0, 0.05) is 10.9 Å². The minimum atomic E-state index is -3.95. The van der Waals surface area contributed by atoms with Crippen LogP contribution in [0.3, 0.4) is 0 Å². The van der Waals surface area contributed by atoms with Crippen molar-refractivity contribution in [2.24, 2.45) is 5.41 Å². The largest absolute Gasteiger partial charge is 0.481 e. The average molecular weight is 381 g/mol. The molecule has 0 radical (unpaired) electrons. The molecule has 5 nitrogen and oxygen atoms in total. The lowest BCUT2D eigenvalue weighted by atomic mass is 9.99. The lowest BCUT2D eigenvalue weighted by molar-refractivity contribution is -0.145. The summed E-state index contributed by atoms with van der Waals surface area (Å²) >= 11 is 5.80. The number of hydrogen-bond donors (Lipinski definition) is 2. The van der Waals surface area contributed by atoms with Crippen LogP contribution < -0.4 is 0 Å². The normalized spacial score (nSPS) is 25.6. The second-order valence-corrected chi connectivity index (χ2v) is 8.82. The molecule has 1 saturated carbocycles. The van der Waals surface area contributed by atoms with Crippen LogP contribution in [0.2, 0.25) is 5.02 Å². The summed E-state index contributed by atoms with van der Waals surface area (Å²) < 4.78 is 26.0. The summed E-state index contributed by atoms with van der Waals surface area (Å²) in [7, 11) is -3.95. The topological polar surface area (TPSA) is 91.7 Å². The van der Waals surface area contributed by atoms with Crippen molar-refractivity contribution in [1.29, 1.82) is 0 Å². The van der Waals surface area contributed by atoms with Crippen molar-refractivity contribution in [3.8, 4) is 0 Å². The van der Waals surface area contributed by atoms with E-state index in [9.17, 15) is 23.4 Å². The highest BCUT2D eigenvalue weighted by molar-refractivity contribution is 7.92. The number of carboxylic acid groups (broad SMARTS) is 1. The molecule has 1 aliphatic carbocycles. The molecule has 3 rings (SSSR count). The van der Waals surface area contributed by atoms with Gasteiger partial charge in [0.15, 0.2) is 9.84 Å². The van der Waals surface area contributed by atoms with E-state index in [0.717, 1.165) is 5.56 Å². The van der Waals surface area contributed by atoms with Crippen LogP contribution in [-0.2, 0) is 14.6 Å². The number of aliphatic hydroxyl groups is 1. The highest BCUT2D eigenvalue weighted by atomic mass is 35.5. The predicted octanol–water partition coefficient (Wildman–Crippen LogP) is 2.65. The van der Waals surface area contributed by atoms with Gasteiger partial charge in [0.05, 0.1) is 16.8 Å². The number of hydrogen-bond acceptors (Lipinski definition) is 4. The molecule has 2 aromatic rings. The minimum absolute atomic E-state index is 0.00409. The molecule has 0 saturated heterocycles. The predicted molar refractivity (Wildman–Crippen MR) is 93.5 cm³/mol. The molecule has 3 atom stereocenters. The minimum Gasteiger partial charge on any atom is -0.481 e. The van der Waals surface area contributed by atoms with Crippen molar-refractivity contribution in [3.63, 3.8) is 0 Å². The van der Waals surface area contributed by atoms with Crippen LogP contribution in [0, 0.1) is 12.3 Å². The molecule has 0 heterocycles. The van der Waals surface area contributed by atoms with Gasteiger partial charge in [-0.15, -0.1) is 0 Å². The third kappa shape index (κ3) is 2.74. The van der Waals surface area contributed by atoms with Gasteiger partial charge >= 0.3 is 5.97 Å². The summed E-state index contributed by atoms with van der Waals surface area (Å²) in [5.74, 6) is -2.13. The Kier molecular flexibility index (Phi) is 4.39. The van der Waals surface area contributed by atoms with Crippen LogP contribution in [0.25, 0.3) is 0 Å². The van der Waals surface area contributed by atoms with Crippen molar-refractivity contribution >= 4 is 27.4 Å². The van der Waals surface area contributed by atoms with Crippen molar-refractivity contribution in [2.45, 2.75) is 23.0 Å². The first kappa shape index (κ1) is 17.9. The lowest BCUT2D eigenvalue weighted by Crippen LogP contribution is -2.27. The van der Waals surface area contributed by atoms with Crippen molar-refractivity contribution < 1.29 is 23.4 Å². The maximum Gasteiger partial charge on any atom is 0.314 e. The SMILES string of the molecule is Cc1ccc([C@H]2[C@@H](S(=O)(=O)c3ccc(Cl)cc3)[C@@]2(CO)C(=O)O)cc1. The van der Waals surface area contributed by atoms with Crippen LogP contribution in [0.4, 0.5) is 0 Å². The Morgan fingerprint density at radius 1 is 1.12 bits per heavy atom. The number of halogens is 1. The Bertz CT molecular complexity index is 905. The molecule has 1 aliphatic rings. The molecule has 0 aliphatic heterocycles. The van der Waals surface area contributed by atoms with E-state index in [0.29, 0.717) is 10.6 Å². The highest BCUT2D eigenvalue weighted by Crippen LogP contribution is 2.64. The maximum absolute atomic E-state index is 13.0. The molecule has 0 aromatic heterocycles. The lowest BCUT2D eigenvalue weighted by Gasteiger charge is -2.09. The van der Waals surface area contributed by atoms with E-state index in [4.69, 9.17) is 11.6 Å². The number of carboxylic acids is 1. The number of aliphatic hydroxyl groups excluding tert-OH is 1. The van der Waals surface area contributed by atoms with Gasteiger partial charge in [0.1, 0.15) is 5.41 Å². The zero-order valence-electron chi connectivity index (χ0n) is 13.4. The second kappa shape index (κ2) is 6.12. The van der Waals surface area contributed by atoms with Crippen molar-refractivity contribution in [2.75, 3.05) is 6.61 Å². The molecule has 25 heavy (non-hydrogen) atoms. The first-order valence-electron chi connectivity index (χ1n) is 7.65. The number of benzene rings is 2. The van der Waals surface area contributed by atoms with Crippen LogP contribution >= 0.6 is 11.6 Å². The van der Waals surface area contributed by atoms with E-state index in [-0.39, 0.29) is 4.90 Å². The van der Waals surface area contributed by atoms with E-state index in [2.05, 4.69) is 0 Å². The summed E-state index contributed by atoms with van der Waals surface area (Å²) in [5.41, 5.74) is -0.177. The Morgan fingerprint density at radius 3 is 2.16 bits per heavy atom. The van der Waals surface area contributed by atoms with Gasteiger partial charge in [0.2, 0.25) is 0 Å². The summed E-state index contributed by atoms with van der Waals surface area (Å²) in [4.78, 5) is 11.9. The van der Waals surface area contributed by atoms with Gasteiger partial charge in [-0.3, -0.25) is 4.79 Å². The molecule has 0 spiro atoms. The number of rotatable bonds is 5. The first-order valence-corrected chi connectivity index (χ1v) is 9.58. The average Bonchev–Trinajstić information content (AvgIpc) is 3.27. The molecule has 1 fully saturated rings. The summed E-state index contributed by atoms with van der Waals surface area (Å²) in [5, 5.41) is 18.6. The standard InChI is InChI=1S/C18H17ClO5S/c1-11-2-4-12(5-3-11)15-16(18(15,10-20)17(21)22)25(23,24)14-8-6-13(19)7-9-14/h2-9,15-16,20H,10H2,1H3,(H,21,22)/t15-,16+,18-/m0/s1. The van der Waals surface area contributed by atoms with Crippen LogP contribution in [-0.4, -0.2) is 36.5 Å². The Morgan fingerprint density at radius 2 is 1.68 bits per heavy atom. The zero-order valence-corrected chi connectivity index (χ0v) is 15.0. The summed E-state index contributed by atoms with van der Waals surface area (Å²) in [6, 6.07) is 12.6. The molecular weight excluding hydrogens is 364 g/mol. The van der Waals surface area contributed by atoms with Crippen LogP contribution in [0.1, 0.15) is 17.0 Å². The van der Waals surface area contributed by atoms with E-state index in [1.165, 1.54) is 24.3 Å². The monoisotopic (exact) mass is 380 g/mol. The van der Waals surface area contributed by atoms with Gasteiger partial charge in [0.25, 0.3) is 0 Å². The smallest absolute Gasteiger partial charge is 0.314 e. The third-order valence-electron chi connectivity index (χ3n) is 4.83. The fourth-order valence-corrected chi connectivity index (χ4v) is 5.88. The van der Waals surface area contributed by atoms with E-state index in [1.807, 2.05) is 6.92 Å². The second-order valence-electron chi connectivity index (χ2n) is 6.31. The molecule has 7 heteroatoms. The third-order valence-corrected chi connectivity index (χ3v) is 7.37. The summed E-state index contributed by atoms with van der Waals surface area (Å²) in [6.07, 6.45) is 0. The Labute approximate surface area is 150 Å². The van der Waals surface area contributed by atoms with E-state index in [1.54, 1.807) is 24.3 Å². The zero-order chi connectivity index (χ0) is 18.4. The molecule has 2 aromatic carbocycles. The number of aliphatic carboxylic acids is 1. The molecule has 0 unspecified atom stereocenters. The molecule has 2 N–H and O–H groups in total. The quantitative estimate of drug-likeness (QED) is 0.832. The first-order chi connectivity index (χ1) is 11.7. The maximum atomic E-state index is 13.0. The number of sulfone groups is 1. The Hall–Kier alpha value is -1.89. The van der Waals surface area contributed by atoms with Gasteiger partial charge < -0.3 is 10.2 Å². The van der Waals surface area contributed by atoms with Gasteiger partial charge in [-0.25, -0.2) is 8.42 Å². The van der Waals surface area contributed by atoms with Crippen molar-refractivity contribution in [3.05, 3.63) is 64.7 Å². The van der Waals surface area contributed by atoms with Gasteiger partial charge in [-0.05, 0) is 36.8 Å². The van der Waals surface area contributed by atoms with Gasteiger partial charge in [-0.2, -0.15) is 0 Å². The fourth-order valence-electron chi connectivity index (χ4n) is 3.39. The number of aryl methyl sites for hydroxylation is 1. The van der Waals surface area contributed by atoms with Crippen molar-refractivity contribution in [1.82, 2.24) is 0 Å². The Balaban J connectivity index is 2.10. The molecule has 0 amide bonds. The highest BCUT2D eigenvalue weighted by Gasteiger charge is 2.75. The summed E-state index contributed by atoms with van der Waals surface area (Å²) in [6.45, 7) is 1.13. The van der Waals surface area contributed by atoms with Gasteiger partial charge in [-0.1, -0.05) is 41.4 Å². The van der Waals surface area contributed by atoms with E-state index < -0.39 is 39.0 Å². The fraction of sp³-hybridized carbons (Fsp3) is 0.278. The molecular formula is C18H17ClO5S. The van der Waals surface area contributed by atoms with Crippen LogP contribution in [0.5, 0.6) is 0 Å². The number of carbonyl (C=O) groups is 1. The van der Waals surface area contributed by atoms with Crippen LogP contribution in [0.15, 0.2) is 53.4 Å².